The zero-order valence-electron chi connectivity index (χ0n) is 72.7. The summed E-state index contributed by atoms with van der Waals surface area (Å²) >= 11 is 6.91. The van der Waals surface area contributed by atoms with Gasteiger partial charge in [0.25, 0.3) is 0 Å². The maximum Gasteiger partial charge on any atom is 0.126 e. The third-order valence-electron chi connectivity index (χ3n) is 12.8. The summed E-state index contributed by atoms with van der Waals surface area (Å²) in [5.74, 6) is 1.93. The number of thiophene rings is 4. The monoisotopic (exact) mass is 1640 g/mol. The zero-order valence-corrected chi connectivity index (χ0v) is 75.9. The van der Waals surface area contributed by atoms with Crippen LogP contribution in [-0.2, 0) is 74.8 Å². The lowest BCUT2D eigenvalue weighted by molar-refractivity contribution is -0.115. The summed E-state index contributed by atoms with van der Waals surface area (Å²) in [7, 11) is 0. The fourth-order valence-electron chi connectivity index (χ4n) is 6.49. The highest BCUT2D eigenvalue weighted by Gasteiger charge is 1.99. The third-order valence-corrected chi connectivity index (χ3v) is 16.6. The molecule has 0 spiro atoms. The summed E-state index contributed by atoms with van der Waals surface area (Å²) in [4.78, 5) is 27.2. The van der Waals surface area contributed by atoms with Crippen LogP contribution in [0.3, 0.4) is 0 Å². The molecule has 0 amide bonds. The molecule has 0 radical (unpaired) electrons. The van der Waals surface area contributed by atoms with E-state index in [0.29, 0.717) is 13.1 Å². The van der Waals surface area contributed by atoms with Gasteiger partial charge in [0, 0.05) is 41.8 Å². The number of Topliss-reactive ketones (excluding diaryl/α,β-unsaturated/α-hetero) is 2. The van der Waals surface area contributed by atoms with E-state index >= 15 is 0 Å². The average molecular weight is 1640 g/mol. The summed E-state index contributed by atoms with van der Waals surface area (Å²) in [6, 6.07) is 32.9. The van der Waals surface area contributed by atoms with Gasteiger partial charge in [0.2, 0.25) is 0 Å². The number of azide groups is 2. The van der Waals surface area contributed by atoms with Gasteiger partial charge in [-0.3, -0.25) is 0 Å². The van der Waals surface area contributed by atoms with Gasteiger partial charge < -0.3 is 47.7 Å². The number of allylic oxidation sites excluding steroid dienone is 8. The molecule has 4 N–H and O–H groups in total. The first kappa shape index (κ1) is 120. The van der Waals surface area contributed by atoms with E-state index in [1.54, 1.807) is 96.7 Å². The van der Waals surface area contributed by atoms with E-state index in [1.807, 2.05) is 139 Å². The fraction of sp³-hybridized carbons (Fsp3) is 0.362. The average Bonchev–Trinajstić information content (AvgIpc) is 1.77. The van der Waals surface area contributed by atoms with Crippen molar-refractivity contribution in [2.24, 2.45) is 10.2 Å². The molecule has 0 saturated heterocycles. The van der Waals surface area contributed by atoms with Gasteiger partial charge in [0.1, 0.15) is 23.1 Å². The molecule has 0 atom stereocenters. The summed E-state index contributed by atoms with van der Waals surface area (Å²) in [5, 5.41) is 53.4. The first-order valence-corrected chi connectivity index (χ1v) is 41.0. The van der Waals surface area contributed by atoms with Crippen LogP contribution in [0.4, 0.5) is 0 Å². The Morgan fingerprint density at radius 1 is 0.447 bits per heavy atom. The Bertz CT molecular complexity index is 3610. The highest BCUT2D eigenvalue weighted by atomic mass is 32.1. The Kier molecular flexibility index (Phi) is 100. The number of rotatable bonds is 14. The summed E-state index contributed by atoms with van der Waals surface area (Å²) < 4.78 is 19.3. The molecule has 10 rings (SSSR count). The van der Waals surface area contributed by atoms with Crippen molar-refractivity contribution < 1.29 is 47.7 Å². The number of hydrogen-bond donors (Lipinski definition) is 4. The van der Waals surface area contributed by atoms with Crippen molar-refractivity contribution in [2.75, 3.05) is 0 Å². The van der Waals surface area contributed by atoms with Crippen molar-refractivity contribution in [2.45, 2.75) is 230 Å². The Hall–Kier alpha value is -9.84. The molecule has 0 unspecified atom stereocenters. The summed E-state index contributed by atoms with van der Waals surface area (Å²) in [5.41, 5.74) is 34.1. The normalized spacial score (nSPS) is 8.58. The van der Waals surface area contributed by atoms with E-state index in [2.05, 4.69) is 207 Å². The number of benzene rings is 2. The molecule has 0 bridgehead atoms. The van der Waals surface area contributed by atoms with Crippen molar-refractivity contribution in [1.29, 1.82) is 0 Å². The minimum Gasteiger partial charge on any atom is -0.472 e. The van der Waals surface area contributed by atoms with Gasteiger partial charge in [-0.15, -0.1) is 47.3 Å². The predicted octanol–water partition coefficient (Wildman–Crippen LogP) is 29.4. The summed E-state index contributed by atoms with van der Waals surface area (Å²) in [6.45, 7) is 56.7. The van der Waals surface area contributed by atoms with Crippen LogP contribution < -0.4 is 0 Å². The van der Waals surface area contributed by atoms with Crippen LogP contribution in [0.25, 0.3) is 20.9 Å². The molecule has 114 heavy (non-hydrogen) atoms. The molecule has 628 valence electrons. The molecule has 2 aromatic carbocycles. The number of nitrogens with zero attached hydrogens (tertiary/aromatic N) is 6. The van der Waals surface area contributed by atoms with Crippen LogP contribution >= 0.6 is 45.3 Å². The van der Waals surface area contributed by atoms with Crippen molar-refractivity contribution in [3.8, 4) is 0 Å². The Morgan fingerprint density at radius 3 is 0.868 bits per heavy atom. The molecular weight excluding hydrogens is 1500 g/mol. The number of carbonyl (C=O) groups excluding carboxylic acids is 2. The number of aryl methyl sites for hydroxylation is 10. The summed E-state index contributed by atoms with van der Waals surface area (Å²) in [6.07, 6.45) is 31.8. The lowest BCUT2D eigenvalue weighted by Crippen LogP contribution is -1.79. The Balaban J connectivity index is -0.000000176. The second-order valence-electron chi connectivity index (χ2n) is 22.9. The smallest absolute Gasteiger partial charge is 0.126 e. The minimum atomic E-state index is 0.0718. The number of carbonyl (C=O) groups is 2. The van der Waals surface area contributed by atoms with Crippen molar-refractivity contribution in [3.63, 3.8) is 0 Å². The van der Waals surface area contributed by atoms with Crippen LogP contribution in [0.1, 0.15) is 212 Å². The lowest BCUT2D eigenvalue weighted by atomic mass is 10.2. The molecule has 0 aliphatic rings. The van der Waals surface area contributed by atoms with Gasteiger partial charge in [-0.25, -0.2) is 0 Å². The van der Waals surface area contributed by atoms with Crippen molar-refractivity contribution >= 4 is 56.9 Å². The predicted molar refractivity (Wildman–Crippen MR) is 494 cm³/mol. The second-order valence-corrected chi connectivity index (χ2v) is 26.4. The van der Waals surface area contributed by atoms with E-state index in [1.165, 1.54) is 72.5 Å². The molecule has 8 aromatic heterocycles. The van der Waals surface area contributed by atoms with Gasteiger partial charge in [0.15, 0.2) is 0 Å². The number of hydrogen-bond acceptors (Lipinski definition) is 16. The first-order chi connectivity index (χ1) is 54.7. The Labute approximate surface area is 702 Å². The zero-order chi connectivity index (χ0) is 88.2. The number of furan rings is 4. The molecule has 0 saturated carbocycles. The van der Waals surface area contributed by atoms with Gasteiger partial charge in [-0.1, -0.05) is 174 Å². The van der Waals surface area contributed by atoms with Crippen LogP contribution in [0, 0.1) is 41.5 Å². The maximum absolute atomic E-state index is 9.44. The second kappa shape index (κ2) is 95.5. The molecule has 0 fully saturated rings. The largest absolute Gasteiger partial charge is 0.472 e. The lowest BCUT2D eigenvalue weighted by Gasteiger charge is -1.89. The molecule has 0 aliphatic carbocycles. The minimum absolute atomic E-state index is 0.0718. The molecular formula is C94H138N6O10S4. The number of aliphatic hydroxyl groups is 4. The van der Waals surface area contributed by atoms with Crippen LogP contribution in [0.2, 0.25) is 0 Å². The van der Waals surface area contributed by atoms with Gasteiger partial charge in [-0.05, 0) is 274 Å². The van der Waals surface area contributed by atoms with Gasteiger partial charge in [0.05, 0.1) is 77.1 Å². The third kappa shape index (κ3) is 86.1. The molecule has 8 heterocycles. The molecule has 0 aliphatic heterocycles. The van der Waals surface area contributed by atoms with Crippen molar-refractivity contribution in [3.05, 3.63) is 362 Å². The van der Waals surface area contributed by atoms with E-state index in [9.17, 15) is 9.59 Å². The Morgan fingerprint density at radius 2 is 0.746 bits per heavy atom. The van der Waals surface area contributed by atoms with Crippen LogP contribution in [0.5, 0.6) is 0 Å². The van der Waals surface area contributed by atoms with E-state index in [4.69, 9.17) is 49.2 Å². The first-order valence-electron chi connectivity index (χ1n) is 37.4. The highest BCUT2D eigenvalue weighted by Crippen LogP contribution is 2.16. The van der Waals surface area contributed by atoms with Crippen molar-refractivity contribution in [1.82, 2.24) is 0 Å². The molecule has 16 nitrogen and oxygen atoms in total. The van der Waals surface area contributed by atoms with E-state index < -0.39 is 0 Å². The molecule has 20 heteroatoms. The quantitative estimate of drug-likeness (QED) is 0.0263. The maximum atomic E-state index is 9.44. The fourth-order valence-corrected chi connectivity index (χ4v) is 9.50. The standard InChI is InChI=1S/2C8H10.2C6H7N3S.4C6H8O2.2C6H8S.2C5H10.2C4H6.2C3H6O.2C3H6/c2*1-2-8-6-4-3-5-7-8;2*1-5-3-10-4-6(5)2-8-9-7;2*1-5-3-8-4-6(5)2-7;2*1-5-6(4-7)2-3-8-5;2*1-2-6-4-3-5-7-6;2*1-3-5-4-2;2*1-3-4-2;2*1-3(2)4;2*1-3-2/h2*3-7H,2H2,1H3;2*3-4H,2H2,1H3;2*3-4,7H,2H2,1H3;2*2-3,7H,4H2,1H3;2*3-5H,2H2,1H3;2*3,5H,4H2,1-2H3;2*4H,1H2,2H3;2*1-2H3;2*3H,1H2,2H3/b;;;;;;;;;;2*5-3+;;;;;;. The highest BCUT2D eigenvalue weighted by molar-refractivity contribution is 7.10. The van der Waals surface area contributed by atoms with Crippen LogP contribution in [0.15, 0.2) is 281 Å². The number of ketones is 2. The van der Waals surface area contributed by atoms with E-state index in [0.717, 1.165) is 81.7 Å². The van der Waals surface area contributed by atoms with E-state index in [-0.39, 0.29) is 38.0 Å². The SMILES string of the molecule is C/C=C/CC.C/C=C/CC.C=C=CC.C=C=CC.C=CC.C=CC.CC(C)=O.CC(C)=O.CCc1ccccc1.CCc1ccccc1.CCc1cccs1.CCc1cccs1.Cc1cocc1CO.Cc1cocc1CO.Cc1cscc1CN=[N+]=[N-].Cc1cscc1CN=[N+]=[N-].Cc1occc1CO.Cc1occc1CO. The van der Waals surface area contributed by atoms with Gasteiger partial charge >= 0.3 is 0 Å². The van der Waals surface area contributed by atoms with Gasteiger partial charge in [-0.2, -0.15) is 22.7 Å². The number of aliphatic hydroxyl groups excluding tert-OH is 4. The molecule has 10 aromatic rings. The topological polar surface area (TPSA) is 265 Å². The van der Waals surface area contributed by atoms with Crippen LogP contribution in [-0.4, -0.2) is 32.0 Å².